The number of nitrogens with zero attached hydrogens (tertiary/aromatic N) is 2. The summed E-state index contributed by atoms with van der Waals surface area (Å²) in [5, 5.41) is 0. The summed E-state index contributed by atoms with van der Waals surface area (Å²) in [6.45, 7) is 10.1. The summed E-state index contributed by atoms with van der Waals surface area (Å²) >= 11 is 0. The summed E-state index contributed by atoms with van der Waals surface area (Å²) in [5.74, 6) is 0. The molecular formula is C25H29N2+. The third-order valence-electron chi connectivity index (χ3n) is 5.24. The molecule has 0 aliphatic heterocycles. The van der Waals surface area contributed by atoms with E-state index in [1.807, 2.05) is 53.1 Å². The van der Waals surface area contributed by atoms with Crippen LogP contribution in [-0.2, 0) is 19.8 Å². The predicted octanol–water partition coefficient (Wildman–Crippen LogP) is 5.35. The van der Waals surface area contributed by atoms with E-state index < -0.39 is 11.8 Å². The topological polar surface area (TPSA) is 16.8 Å². The largest absolute Gasteiger partial charge is 0.257 e. The number of aryl methyl sites for hydroxylation is 2. The van der Waals surface area contributed by atoms with Crippen LogP contribution < -0.4 is 4.57 Å². The molecule has 0 N–H and O–H groups in total. The van der Waals surface area contributed by atoms with Crippen LogP contribution in [0.2, 0.25) is 0 Å². The van der Waals surface area contributed by atoms with Gasteiger partial charge >= 0.3 is 0 Å². The maximum atomic E-state index is 8.69. The lowest BCUT2D eigenvalue weighted by Crippen LogP contribution is -2.31. The molecule has 0 amide bonds. The Morgan fingerprint density at radius 3 is 2.56 bits per heavy atom. The highest BCUT2D eigenvalue weighted by Crippen LogP contribution is 2.41. The summed E-state index contributed by atoms with van der Waals surface area (Å²) in [4.78, 5) is 4.75. The Hall–Kier alpha value is -2.48. The molecule has 1 aliphatic rings. The van der Waals surface area contributed by atoms with Gasteiger partial charge in [0, 0.05) is 38.1 Å². The zero-order valence-electron chi connectivity index (χ0n) is 19.1. The lowest BCUT2D eigenvalue weighted by molar-refractivity contribution is -0.660. The van der Waals surface area contributed by atoms with Crippen molar-refractivity contribution < 1.29 is 7.31 Å². The number of fused-ring (bicyclic) bond motifs is 3. The zero-order chi connectivity index (χ0) is 21.1. The smallest absolute Gasteiger partial charge is 0.212 e. The molecule has 138 valence electrons. The monoisotopic (exact) mass is 359 g/mol. The number of aromatic nitrogens is 2. The van der Waals surface area contributed by atoms with Crippen LogP contribution in [0, 0.1) is 19.3 Å². The van der Waals surface area contributed by atoms with Gasteiger partial charge in [0.2, 0.25) is 5.69 Å². The molecular weight excluding hydrogens is 328 g/mol. The molecule has 0 saturated carbocycles. The maximum Gasteiger partial charge on any atom is 0.212 e. The van der Waals surface area contributed by atoms with Crippen LogP contribution in [0.4, 0.5) is 0 Å². The Kier molecular flexibility index (Phi) is 3.63. The molecule has 2 heterocycles. The predicted molar refractivity (Wildman–Crippen MR) is 112 cm³/mol. The van der Waals surface area contributed by atoms with Gasteiger partial charge in [-0.25, -0.2) is 4.57 Å². The zero-order valence-corrected chi connectivity index (χ0v) is 17.1. The van der Waals surface area contributed by atoms with Crippen molar-refractivity contribution in [1.29, 1.82) is 0 Å². The van der Waals surface area contributed by atoms with Gasteiger partial charge in [0.15, 0.2) is 6.20 Å². The second kappa shape index (κ2) is 6.30. The Morgan fingerprint density at radius 1 is 1.07 bits per heavy atom. The van der Waals surface area contributed by atoms with E-state index in [0.717, 1.165) is 34.6 Å². The van der Waals surface area contributed by atoms with Crippen molar-refractivity contribution in [2.24, 2.45) is 12.5 Å². The molecule has 1 aliphatic carbocycles. The van der Waals surface area contributed by atoms with Gasteiger partial charge in [-0.05, 0) is 60.0 Å². The molecule has 0 unspecified atom stereocenters. The number of hydrogen-bond donors (Lipinski definition) is 0. The summed E-state index contributed by atoms with van der Waals surface area (Å²) in [7, 11) is 2.03. The van der Waals surface area contributed by atoms with Crippen molar-refractivity contribution in [3.63, 3.8) is 0 Å². The van der Waals surface area contributed by atoms with Crippen molar-refractivity contribution in [1.82, 2.24) is 4.98 Å². The van der Waals surface area contributed by atoms with E-state index in [4.69, 9.17) is 7.73 Å². The third kappa shape index (κ3) is 3.29. The van der Waals surface area contributed by atoms with E-state index in [0.29, 0.717) is 0 Å². The van der Waals surface area contributed by atoms with Crippen molar-refractivity contribution in [3.05, 3.63) is 70.7 Å². The minimum atomic E-state index is -1.42. The minimum absolute atomic E-state index is 0.486. The van der Waals surface area contributed by atoms with Crippen molar-refractivity contribution in [2.75, 3.05) is 0 Å². The first kappa shape index (κ1) is 15.6. The first-order valence-electron chi connectivity index (χ1n) is 10.6. The SMILES string of the molecule is [2H]C([2H])(c1cc[n+](C)c(-c2ccc3c(c2C)-c2ccc(C)nc2C3)c1)C(C)(C)C. The molecule has 2 heteroatoms. The van der Waals surface area contributed by atoms with E-state index >= 15 is 0 Å². The molecule has 0 fully saturated rings. The molecule has 0 radical (unpaired) electrons. The molecule has 1 aromatic carbocycles. The Labute approximate surface area is 165 Å². The van der Waals surface area contributed by atoms with Crippen molar-refractivity contribution >= 4 is 0 Å². The highest BCUT2D eigenvalue weighted by atomic mass is 14.9. The summed E-state index contributed by atoms with van der Waals surface area (Å²) in [6.07, 6.45) is 1.43. The fourth-order valence-electron chi connectivity index (χ4n) is 4.07. The van der Waals surface area contributed by atoms with Gasteiger partial charge in [-0.1, -0.05) is 32.9 Å². The van der Waals surface area contributed by atoms with Crippen LogP contribution in [0.5, 0.6) is 0 Å². The standard InChI is InChI=1S/C25H29N2/c1-16-7-9-21-22(26-16)14-19-8-10-20(17(2)24(19)21)23-13-18(11-12-27(23)6)15-25(3,4)5/h7-13H,14-15H2,1-6H3/q+1/i15D2. The molecule has 2 aromatic heterocycles. The average Bonchev–Trinajstić information content (AvgIpc) is 3.00. The van der Waals surface area contributed by atoms with Gasteiger partial charge < -0.3 is 0 Å². The van der Waals surface area contributed by atoms with Crippen LogP contribution in [0.1, 0.15) is 51.6 Å². The molecule has 0 spiro atoms. The Balaban J connectivity index is 1.89. The molecule has 27 heavy (non-hydrogen) atoms. The molecule has 3 aromatic rings. The number of benzene rings is 1. The van der Waals surface area contributed by atoms with Gasteiger partial charge in [-0.3, -0.25) is 4.98 Å². The van der Waals surface area contributed by atoms with E-state index in [9.17, 15) is 0 Å². The van der Waals surface area contributed by atoms with Gasteiger partial charge in [-0.2, -0.15) is 0 Å². The van der Waals surface area contributed by atoms with Crippen LogP contribution in [0.15, 0.2) is 42.6 Å². The lowest BCUT2D eigenvalue weighted by atomic mass is 9.87. The minimum Gasteiger partial charge on any atom is -0.257 e. The van der Waals surface area contributed by atoms with Crippen LogP contribution in [0.3, 0.4) is 0 Å². The quantitative estimate of drug-likeness (QED) is 0.441. The first-order chi connectivity index (χ1) is 13.5. The highest BCUT2D eigenvalue weighted by molar-refractivity contribution is 5.83. The van der Waals surface area contributed by atoms with Crippen molar-refractivity contribution in [3.8, 4) is 22.4 Å². The van der Waals surface area contributed by atoms with E-state index in [2.05, 4.69) is 35.8 Å². The third-order valence-corrected chi connectivity index (χ3v) is 5.24. The molecule has 4 rings (SSSR count). The first-order valence-corrected chi connectivity index (χ1v) is 9.60. The normalized spacial score (nSPS) is 14.4. The van der Waals surface area contributed by atoms with E-state index in [1.54, 1.807) is 0 Å². The second-order valence-electron chi connectivity index (χ2n) is 8.68. The summed E-state index contributed by atoms with van der Waals surface area (Å²) in [6, 6.07) is 12.6. The Morgan fingerprint density at radius 2 is 1.81 bits per heavy atom. The lowest BCUT2D eigenvalue weighted by Gasteiger charge is -2.18. The molecule has 0 bridgehead atoms. The fraction of sp³-hybridized carbons (Fsp3) is 0.360. The van der Waals surface area contributed by atoms with E-state index in [1.165, 1.54) is 22.3 Å². The molecule has 2 nitrogen and oxygen atoms in total. The van der Waals surface area contributed by atoms with Gasteiger partial charge in [0.1, 0.15) is 7.05 Å². The van der Waals surface area contributed by atoms with Crippen LogP contribution >= 0.6 is 0 Å². The summed E-state index contributed by atoms with van der Waals surface area (Å²) < 4.78 is 19.5. The summed E-state index contributed by atoms with van der Waals surface area (Å²) in [5.41, 5.74) is 9.69. The van der Waals surface area contributed by atoms with Crippen LogP contribution in [0.25, 0.3) is 22.4 Å². The van der Waals surface area contributed by atoms with Gasteiger partial charge in [0.05, 0.1) is 5.69 Å². The number of hydrogen-bond acceptors (Lipinski definition) is 1. The molecule has 0 saturated heterocycles. The highest BCUT2D eigenvalue weighted by Gasteiger charge is 2.25. The van der Waals surface area contributed by atoms with Crippen LogP contribution in [-0.4, -0.2) is 4.98 Å². The molecule has 0 atom stereocenters. The second-order valence-corrected chi connectivity index (χ2v) is 8.68. The maximum absolute atomic E-state index is 8.69. The fourth-order valence-corrected chi connectivity index (χ4v) is 4.07. The number of pyridine rings is 2. The van der Waals surface area contributed by atoms with Gasteiger partial charge in [-0.15, -0.1) is 0 Å². The Bertz CT molecular complexity index is 1120. The van der Waals surface area contributed by atoms with Crippen molar-refractivity contribution in [2.45, 2.75) is 47.4 Å². The van der Waals surface area contributed by atoms with E-state index in [-0.39, 0.29) is 0 Å². The van der Waals surface area contributed by atoms with Gasteiger partial charge in [0.25, 0.3) is 0 Å². The number of rotatable bonds is 2. The average molecular weight is 360 g/mol.